The van der Waals surface area contributed by atoms with Gasteiger partial charge in [-0.2, -0.15) is 0 Å². The standard InChI is InChI=1S/C22H24ClNO3/c1-22(2,3)21(27)24-18(13-19(25)20(24)26)11-14-7-9-15(10-8-14)16-5-4-6-17(23)12-16/h4-10,12,18-19,25H,11,13H2,1-3H3/t18?,19-/m1/s1. The first kappa shape index (κ1) is 19.6. The summed E-state index contributed by atoms with van der Waals surface area (Å²) < 4.78 is 0. The van der Waals surface area contributed by atoms with Gasteiger partial charge in [0.05, 0.1) is 0 Å². The Labute approximate surface area is 164 Å². The number of amides is 2. The Hall–Kier alpha value is -2.17. The molecule has 2 amide bonds. The second-order valence-electron chi connectivity index (χ2n) is 8.08. The highest BCUT2D eigenvalue weighted by Crippen LogP contribution is 2.29. The van der Waals surface area contributed by atoms with Crippen molar-refractivity contribution >= 4 is 23.4 Å². The molecule has 4 nitrogen and oxygen atoms in total. The molecule has 1 unspecified atom stereocenters. The normalized spacial score (nSPS) is 20.2. The summed E-state index contributed by atoms with van der Waals surface area (Å²) in [5.74, 6) is -0.736. The van der Waals surface area contributed by atoms with E-state index in [0.29, 0.717) is 11.4 Å². The second kappa shape index (κ2) is 7.45. The summed E-state index contributed by atoms with van der Waals surface area (Å²) in [4.78, 5) is 26.2. The first-order valence-corrected chi connectivity index (χ1v) is 9.45. The van der Waals surface area contributed by atoms with Crippen LogP contribution in [0.2, 0.25) is 5.02 Å². The molecule has 5 heteroatoms. The molecule has 1 aliphatic heterocycles. The molecule has 0 aromatic heterocycles. The Kier molecular flexibility index (Phi) is 5.41. The van der Waals surface area contributed by atoms with Gasteiger partial charge in [0.2, 0.25) is 5.91 Å². The maximum atomic E-state index is 12.7. The van der Waals surface area contributed by atoms with Crippen molar-refractivity contribution in [1.29, 1.82) is 0 Å². The summed E-state index contributed by atoms with van der Waals surface area (Å²) in [6, 6.07) is 15.3. The highest BCUT2D eigenvalue weighted by Gasteiger charge is 2.45. The Morgan fingerprint density at radius 3 is 2.41 bits per heavy atom. The summed E-state index contributed by atoms with van der Waals surface area (Å²) in [5.41, 5.74) is 2.42. The van der Waals surface area contributed by atoms with E-state index in [-0.39, 0.29) is 18.4 Å². The van der Waals surface area contributed by atoms with Gasteiger partial charge in [-0.3, -0.25) is 14.5 Å². The van der Waals surface area contributed by atoms with Crippen molar-refractivity contribution in [3.8, 4) is 11.1 Å². The van der Waals surface area contributed by atoms with Crippen LogP contribution in [0.25, 0.3) is 11.1 Å². The molecule has 1 aliphatic rings. The van der Waals surface area contributed by atoms with Crippen molar-refractivity contribution in [3.63, 3.8) is 0 Å². The van der Waals surface area contributed by atoms with E-state index in [4.69, 9.17) is 11.6 Å². The van der Waals surface area contributed by atoms with Crippen molar-refractivity contribution in [2.75, 3.05) is 0 Å². The topological polar surface area (TPSA) is 57.6 Å². The summed E-state index contributed by atoms with van der Waals surface area (Å²) >= 11 is 6.06. The van der Waals surface area contributed by atoms with Crippen LogP contribution in [0.1, 0.15) is 32.8 Å². The fraction of sp³-hybridized carbons (Fsp3) is 0.364. The Morgan fingerprint density at radius 2 is 1.81 bits per heavy atom. The van der Waals surface area contributed by atoms with Crippen LogP contribution in [-0.2, 0) is 16.0 Å². The minimum Gasteiger partial charge on any atom is -0.383 e. The molecule has 0 aliphatic carbocycles. The van der Waals surface area contributed by atoms with Gasteiger partial charge >= 0.3 is 0 Å². The molecule has 2 aromatic carbocycles. The molecule has 0 radical (unpaired) electrons. The molecule has 0 spiro atoms. The van der Waals surface area contributed by atoms with Crippen LogP contribution in [-0.4, -0.2) is 34.0 Å². The van der Waals surface area contributed by atoms with Crippen LogP contribution in [0.15, 0.2) is 48.5 Å². The minimum absolute atomic E-state index is 0.246. The van der Waals surface area contributed by atoms with Crippen molar-refractivity contribution in [3.05, 3.63) is 59.1 Å². The van der Waals surface area contributed by atoms with Gasteiger partial charge in [0.15, 0.2) is 0 Å². The van der Waals surface area contributed by atoms with Gasteiger partial charge in [-0.25, -0.2) is 0 Å². The van der Waals surface area contributed by atoms with Crippen LogP contribution in [0.5, 0.6) is 0 Å². The third kappa shape index (κ3) is 4.23. The van der Waals surface area contributed by atoms with Gasteiger partial charge in [-0.1, -0.05) is 68.8 Å². The SMILES string of the molecule is CC(C)(C)C(=O)N1C(=O)[C@H](O)CC1Cc1ccc(-c2cccc(Cl)c2)cc1. The van der Waals surface area contributed by atoms with E-state index >= 15 is 0 Å². The number of likely N-dealkylation sites (tertiary alicyclic amines) is 1. The highest BCUT2D eigenvalue weighted by atomic mass is 35.5. The fourth-order valence-corrected chi connectivity index (χ4v) is 3.57. The second-order valence-corrected chi connectivity index (χ2v) is 8.52. The van der Waals surface area contributed by atoms with Crippen molar-refractivity contribution in [1.82, 2.24) is 4.90 Å². The molecule has 2 atom stereocenters. The lowest BCUT2D eigenvalue weighted by atomic mass is 9.93. The van der Waals surface area contributed by atoms with E-state index in [1.165, 1.54) is 4.90 Å². The lowest BCUT2D eigenvalue weighted by Gasteiger charge is -2.29. The lowest BCUT2D eigenvalue weighted by Crippen LogP contribution is -2.46. The predicted octanol–water partition coefficient (Wildman–Crippen LogP) is 4.08. The molecular weight excluding hydrogens is 362 g/mol. The number of carbonyl (C=O) groups is 2. The summed E-state index contributed by atoms with van der Waals surface area (Å²) in [7, 11) is 0. The van der Waals surface area contributed by atoms with Gasteiger partial charge in [0.1, 0.15) is 6.10 Å². The molecule has 142 valence electrons. The number of nitrogens with zero attached hydrogens (tertiary/aromatic N) is 1. The zero-order chi connectivity index (χ0) is 19.8. The zero-order valence-electron chi connectivity index (χ0n) is 15.8. The molecule has 1 N–H and O–H groups in total. The number of aliphatic hydroxyl groups is 1. The maximum Gasteiger partial charge on any atom is 0.258 e. The average Bonchev–Trinajstić information content (AvgIpc) is 2.88. The number of carbonyl (C=O) groups excluding carboxylic acids is 2. The quantitative estimate of drug-likeness (QED) is 0.865. The predicted molar refractivity (Wildman–Crippen MR) is 106 cm³/mol. The molecule has 1 saturated heterocycles. The third-order valence-electron chi connectivity index (χ3n) is 4.83. The molecular formula is C22H24ClNO3. The van der Waals surface area contributed by atoms with Gasteiger partial charge < -0.3 is 5.11 Å². The van der Waals surface area contributed by atoms with Crippen molar-refractivity contribution in [2.45, 2.75) is 45.8 Å². The maximum absolute atomic E-state index is 12.7. The van der Waals surface area contributed by atoms with Gasteiger partial charge in [0, 0.05) is 22.9 Å². The van der Waals surface area contributed by atoms with E-state index < -0.39 is 17.4 Å². The Balaban J connectivity index is 1.79. The van der Waals surface area contributed by atoms with Crippen LogP contribution >= 0.6 is 11.6 Å². The number of hydrogen-bond acceptors (Lipinski definition) is 3. The number of halogens is 1. The summed E-state index contributed by atoms with van der Waals surface area (Å²) in [6.07, 6.45) is -0.302. The third-order valence-corrected chi connectivity index (χ3v) is 5.06. The smallest absolute Gasteiger partial charge is 0.258 e. The molecule has 0 saturated carbocycles. The number of hydrogen-bond donors (Lipinski definition) is 1. The molecule has 3 rings (SSSR count). The minimum atomic E-state index is -1.10. The Morgan fingerprint density at radius 1 is 1.15 bits per heavy atom. The highest BCUT2D eigenvalue weighted by molar-refractivity contribution is 6.30. The van der Waals surface area contributed by atoms with E-state index in [0.717, 1.165) is 16.7 Å². The van der Waals surface area contributed by atoms with Crippen LogP contribution in [0, 0.1) is 5.41 Å². The van der Waals surface area contributed by atoms with Gasteiger partial charge in [-0.15, -0.1) is 0 Å². The summed E-state index contributed by atoms with van der Waals surface area (Å²) in [6.45, 7) is 5.35. The van der Waals surface area contributed by atoms with E-state index in [2.05, 4.69) is 0 Å². The van der Waals surface area contributed by atoms with E-state index in [1.807, 2.05) is 48.5 Å². The number of benzene rings is 2. The van der Waals surface area contributed by atoms with Crippen LogP contribution in [0.4, 0.5) is 0 Å². The first-order chi connectivity index (χ1) is 12.7. The number of imide groups is 1. The van der Waals surface area contributed by atoms with Crippen molar-refractivity contribution in [2.24, 2.45) is 5.41 Å². The average molecular weight is 386 g/mol. The Bertz CT molecular complexity index is 855. The molecule has 2 aromatic rings. The first-order valence-electron chi connectivity index (χ1n) is 9.07. The molecule has 0 bridgehead atoms. The largest absolute Gasteiger partial charge is 0.383 e. The van der Waals surface area contributed by atoms with Crippen molar-refractivity contribution < 1.29 is 14.7 Å². The monoisotopic (exact) mass is 385 g/mol. The zero-order valence-corrected chi connectivity index (χ0v) is 16.5. The molecule has 1 heterocycles. The van der Waals surface area contributed by atoms with E-state index in [9.17, 15) is 14.7 Å². The number of aliphatic hydroxyl groups excluding tert-OH is 1. The van der Waals surface area contributed by atoms with Crippen LogP contribution in [0.3, 0.4) is 0 Å². The van der Waals surface area contributed by atoms with Gasteiger partial charge in [0.25, 0.3) is 5.91 Å². The van der Waals surface area contributed by atoms with Crippen LogP contribution < -0.4 is 0 Å². The molecule has 1 fully saturated rings. The summed E-state index contributed by atoms with van der Waals surface area (Å²) in [5, 5.41) is 10.7. The fourth-order valence-electron chi connectivity index (χ4n) is 3.38. The number of rotatable bonds is 3. The van der Waals surface area contributed by atoms with Gasteiger partial charge in [-0.05, 0) is 35.2 Å². The van der Waals surface area contributed by atoms with E-state index in [1.54, 1.807) is 20.8 Å². The lowest BCUT2D eigenvalue weighted by molar-refractivity contribution is -0.151. The molecule has 27 heavy (non-hydrogen) atoms.